The van der Waals surface area contributed by atoms with Gasteiger partial charge in [-0.05, 0) is 30.2 Å². The highest BCUT2D eigenvalue weighted by Crippen LogP contribution is 2.42. The Hall–Kier alpha value is -1.31. The van der Waals surface area contributed by atoms with Crippen molar-refractivity contribution in [2.75, 3.05) is 7.11 Å². The summed E-state index contributed by atoms with van der Waals surface area (Å²) in [5.74, 6) is 0.971. The first-order valence-electron chi connectivity index (χ1n) is 5.85. The molecule has 1 aromatic rings. The Balaban J connectivity index is 2.10. The molecule has 0 aromatic heterocycles. The number of benzene rings is 1. The molecule has 0 spiro atoms. The minimum Gasteiger partial charge on any atom is -0.469 e. The van der Waals surface area contributed by atoms with Gasteiger partial charge in [0, 0.05) is 0 Å². The van der Waals surface area contributed by atoms with E-state index in [0.717, 1.165) is 12.8 Å². The molecule has 0 saturated heterocycles. The van der Waals surface area contributed by atoms with Crippen LogP contribution >= 0.6 is 0 Å². The summed E-state index contributed by atoms with van der Waals surface area (Å²) in [6.07, 6.45) is 2.02. The predicted octanol–water partition coefficient (Wildman–Crippen LogP) is 2.99. The first kappa shape index (κ1) is 11.2. The molecule has 0 heterocycles. The van der Waals surface area contributed by atoms with Crippen molar-refractivity contribution >= 4 is 5.97 Å². The van der Waals surface area contributed by atoms with Crippen LogP contribution in [0, 0.1) is 11.8 Å². The molecule has 1 aliphatic rings. The topological polar surface area (TPSA) is 26.3 Å². The summed E-state index contributed by atoms with van der Waals surface area (Å²) < 4.78 is 4.85. The van der Waals surface area contributed by atoms with E-state index in [0.29, 0.717) is 11.8 Å². The van der Waals surface area contributed by atoms with Crippen LogP contribution in [0.25, 0.3) is 0 Å². The maximum Gasteiger partial charge on any atom is 0.308 e. The third-order valence-corrected chi connectivity index (χ3v) is 3.66. The van der Waals surface area contributed by atoms with E-state index >= 15 is 0 Å². The third-order valence-electron chi connectivity index (χ3n) is 3.66. The zero-order valence-corrected chi connectivity index (χ0v) is 9.85. The standard InChI is InChI=1S/C14H18O2/c1-10-8-12(9-13(10)14(15)16-2)11-6-4-3-5-7-11/h3-7,10,12-13H,8-9H2,1-2H3/t10-,12+,13-/m1/s1. The Morgan fingerprint density at radius 3 is 2.56 bits per heavy atom. The van der Waals surface area contributed by atoms with Crippen molar-refractivity contribution in [2.24, 2.45) is 11.8 Å². The lowest BCUT2D eigenvalue weighted by molar-refractivity contribution is -0.146. The van der Waals surface area contributed by atoms with E-state index in [4.69, 9.17) is 4.74 Å². The van der Waals surface area contributed by atoms with Gasteiger partial charge in [-0.1, -0.05) is 37.3 Å². The highest BCUT2D eigenvalue weighted by molar-refractivity contribution is 5.73. The first-order valence-corrected chi connectivity index (χ1v) is 5.85. The van der Waals surface area contributed by atoms with E-state index in [9.17, 15) is 4.79 Å². The second-order valence-electron chi connectivity index (χ2n) is 4.69. The van der Waals surface area contributed by atoms with Crippen LogP contribution in [0.1, 0.15) is 31.2 Å². The van der Waals surface area contributed by atoms with Gasteiger partial charge in [0.2, 0.25) is 0 Å². The SMILES string of the molecule is COC(=O)[C@@H]1C[C@@H](c2ccccc2)C[C@H]1C. The molecule has 0 aliphatic heterocycles. The maximum atomic E-state index is 11.6. The Bertz CT molecular complexity index is 358. The van der Waals surface area contributed by atoms with E-state index in [1.807, 2.05) is 6.07 Å². The molecule has 0 N–H and O–H groups in total. The van der Waals surface area contributed by atoms with Gasteiger partial charge in [0.25, 0.3) is 0 Å². The monoisotopic (exact) mass is 218 g/mol. The highest BCUT2D eigenvalue weighted by Gasteiger charge is 2.37. The van der Waals surface area contributed by atoms with Gasteiger partial charge >= 0.3 is 5.97 Å². The quantitative estimate of drug-likeness (QED) is 0.713. The van der Waals surface area contributed by atoms with Crippen molar-refractivity contribution in [3.8, 4) is 0 Å². The van der Waals surface area contributed by atoms with E-state index in [1.165, 1.54) is 12.7 Å². The lowest BCUT2D eigenvalue weighted by Crippen LogP contribution is -2.18. The fourth-order valence-corrected chi connectivity index (χ4v) is 2.73. The smallest absolute Gasteiger partial charge is 0.308 e. The second-order valence-corrected chi connectivity index (χ2v) is 4.69. The molecule has 0 unspecified atom stereocenters. The molecule has 2 nitrogen and oxygen atoms in total. The minimum absolute atomic E-state index is 0.0501. The van der Waals surface area contributed by atoms with Crippen LogP contribution < -0.4 is 0 Å². The Morgan fingerprint density at radius 1 is 1.25 bits per heavy atom. The van der Waals surface area contributed by atoms with Crippen LogP contribution in [0.4, 0.5) is 0 Å². The summed E-state index contributed by atoms with van der Waals surface area (Å²) in [6, 6.07) is 10.4. The Morgan fingerprint density at radius 2 is 1.94 bits per heavy atom. The molecular weight excluding hydrogens is 200 g/mol. The fourth-order valence-electron chi connectivity index (χ4n) is 2.73. The van der Waals surface area contributed by atoms with Crippen molar-refractivity contribution in [3.63, 3.8) is 0 Å². The molecule has 2 rings (SSSR count). The third kappa shape index (κ3) is 2.11. The molecule has 1 fully saturated rings. The summed E-state index contributed by atoms with van der Waals surface area (Å²) in [6.45, 7) is 2.14. The summed E-state index contributed by atoms with van der Waals surface area (Å²) >= 11 is 0. The lowest BCUT2D eigenvalue weighted by atomic mass is 9.96. The van der Waals surface area contributed by atoms with Crippen LogP contribution in [-0.2, 0) is 9.53 Å². The van der Waals surface area contributed by atoms with Crippen LogP contribution in [-0.4, -0.2) is 13.1 Å². The molecule has 0 radical (unpaired) electrons. The number of ether oxygens (including phenoxy) is 1. The van der Waals surface area contributed by atoms with Gasteiger partial charge in [-0.3, -0.25) is 4.79 Å². The van der Waals surface area contributed by atoms with Gasteiger partial charge in [-0.25, -0.2) is 0 Å². The largest absolute Gasteiger partial charge is 0.469 e. The normalized spacial score (nSPS) is 29.0. The number of esters is 1. The lowest BCUT2D eigenvalue weighted by Gasteiger charge is -2.11. The van der Waals surface area contributed by atoms with Crippen LogP contribution in [0.2, 0.25) is 0 Å². The molecule has 16 heavy (non-hydrogen) atoms. The van der Waals surface area contributed by atoms with Crippen molar-refractivity contribution < 1.29 is 9.53 Å². The van der Waals surface area contributed by atoms with Gasteiger partial charge in [-0.15, -0.1) is 0 Å². The van der Waals surface area contributed by atoms with Crippen LogP contribution in [0.3, 0.4) is 0 Å². The number of carbonyl (C=O) groups excluding carboxylic acids is 1. The molecule has 0 bridgehead atoms. The van der Waals surface area contributed by atoms with Crippen molar-refractivity contribution in [3.05, 3.63) is 35.9 Å². The Kier molecular flexibility index (Phi) is 3.28. The van der Waals surface area contributed by atoms with E-state index in [-0.39, 0.29) is 11.9 Å². The highest BCUT2D eigenvalue weighted by atomic mass is 16.5. The maximum absolute atomic E-state index is 11.6. The molecule has 1 saturated carbocycles. The number of hydrogen-bond acceptors (Lipinski definition) is 2. The summed E-state index contributed by atoms with van der Waals surface area (Å²) in [4.78, 5) is 11.6. The van der Waals surface area contributed by atoms with E-state index in [1.54, 1.807) is 0 Å². The predicted molar refractivity (Wildman–Crippen MR) is 63.1 cm³/mol. The first-order chi connectivity index (χ1) is 7.72. The molecule has 3 atom stereocenters. The van der Waals surface area contributed by atoms with E-state index in [2.05, 4.69) is 31.2 Å². The van der Waals surface area contributed by atoms with Gasteiger partial charge in [0.15, 0.2) is 0 Å². The minimum atomic E-state index is -0.0501. The van der Waals surface area contributed by atoms with Gasteiger partial charge in [-0.2, -0.15) is 0 Å². The molecule has 86 valence electrons. The summed E-state index contributed by atoms with van der Waals surface area (Å²) in [5, 5.41) is 0. The van der Waals surface area contributed by atoms with Crippen LogP contribution in [0.5, 0.6) is 0 Å². The molecule has 2 heteroatoms. The number of carbonyl (C=O) groups is 1. The van der Waals surface area contributed by atoms with Crippen molar-refractivity contribution in [1.29, 1.82) is 0 Å². The van der Waals surface area contributed by atoms with Gasteiger partial charge in [0.05, 0.1) is 13.0 Å². The molecule has 0 amide bonds. The zero-order chi connectivity index (χ0) is 11.5. The van der Waals surface area contributed by atoms with Gasteiger partial charge in [0.1, 0.15) is 0 Å². The van der Waals surface area contributed by atoms with Crippen LogP contribution in [0.15, 0.2) is 30.3 Å². The zero-order valence-electron chi connectivity index (χ0n) is 9.85. The molecule has 1 aromatic carbocycles. The van der Waals surface area contributed by atoms with Gasteiger partial charge < -0.3 is 4.74 Å². The second kappa shape index (κ2) is 4.69. The summed E-state index contributed by atoms with van der Waals surface area (Å²) in [5.41, 5.74) is 1.35. The van der Waals surface area contributed by atoms with E-state index < -0.39 is 0 Å². The number of rotatable bonds is 2. The Labute approximate surface area is 96.6 Å². The number of methoxy groups -OCH3 is 1. The summed E-state index contributed by atoms with van der Waals surface area (Å²) in [7, 11) is 1.48. The van der Waals surface area contributed by atoms with Crippen molar-refractivity contribution in [1.82, 2.24) is 0 Å². The average molecular weight is 218 g/mol. The molecule has 1 aliphatic carbocycles. The fraction of sp³-hybridized carbons (Fsp3) is 0.500. The molecular formula is C14H18O2. The average Bonchev–Trinajstić information content (AvgIpc) is 2.71. The van der Waals surface area contributed by atoms with Crippen molar-refractivity contribution in [2.45, 2.75) is 25.7 Å². The number of hydrogen-bond donors (Lipinski definition) is 0.